The smallest absolute Gasteiger partial charge is 0.186 e. The summed E-state index contributed by atoms with van der Waals surface area (Å²) in [7, 11) is 0. The first-order valence-electron chi connectivity index (χ1n) is 5.22. The van der Waals surface area contributed by atoms with Crippen LogP contribution in [0.4, 0.5) is 5.13 Å². The zero-order valence-electron chi connectivity index (χ0n) is 9.33. The van der Waals surface area contributed by atoms with Gasteiger partial charge in [0.25, 0.3) is 0 Å². The van der Waals surface area contributed by atoms with Gasteiger partial charge in [-0.15, -0.1) is 0 Å². The third-order valence-electron chi connectivity index (χ3n) is 2.39. The van der Waals surface area contributed by atoms with Gasteiger partial charge in [-0.05, 0) is 13.8 Å². The Morgan fingerprint density at radius 1 is 1.56 bits per heavy atom. The Morgan fingerprint density at radius 3 is 2.88 bits per heavy atom. The maximum Gasteiger partial charge on any atom is 0.186 e. The molecule has 0 unspecified atom stereocenters. The van der Waals surface area contributed by atoms with Crippen molar-refractivity contribution in [1.29, 1.82) is 0 Å². The molecule has 16 heavy (non-hydrogen) atoms. The molecule has 1 aliphatic rings. The van der Waals surface area contributed by atoms with E-state index in [0.29, 0.717) is 0 Å². The van der Waals surface area contributed by atoms with E-state index in [1.54, 1.807) is 6.20 Å². The lowest BCUT2D eigenvalue weighted by atomic mass is 10.2. The molecule has 1 fully saturated rings. The number of thiazole rings is 1. The highest BCUT2D eigenvalue weighted by molar-refractivity contribution is 7.17. The Kier molecular flexibility index (Phi) is 3.40. The molecule has 5 nitrogen and oxygen atoms in total. The molecule has 0 bridgehead atoms. The summed E-state index contributed by atoms with van der Waals surface area (Å²) < 4.78 is 5.66. The number of morpholine rings is 1. The number of oxime groups is 1. The molecule has 0 amide bonds. The summed E-state index contributed by atoms with van der Waals surface area (Å²) in [5.74, 6) is 0. The number of nitrogens with zero attached hydrogens (tertiary/aromatic N) is 3. The summed E-state index contributed by atoms with van der Waals surface area (Å²) in [5.41, 5.74) is 0. The average molecular weight is 241 g/mol. The second-order valence-corrected chi connectivity index (χ2v) is 4.99. The van der Waals surface area contributed by atoms with Crippen LogP contribution in [-0.2, 0) is 4.74 Å². The fourth-order valence-electron chi connectivity index (χ4n) is 1.87. The maximum absolute atomic E-state index is 8.44. The molecule has 1 aliphatic heterocycles. The number of rotatable bonds is 2. The van der Waals surface area contributed by atoms with E-state index in [1.807, 2.05) is 0 Å². The number of anilines is 1. The molecular formula is C10H15N3O2S. The fraction of sp³-hybridized carbons (Fsp3) is 0.600. The topological polar surface area (TPSA) is 58.0 Å². The number of ether oxygens (including phenoxy) is 1. The van der Waals surface area contributed by atoms with Gasteiger partial charge >= 0.3 is 0 Å². The van der Waals surface area contributed by atoms with Crippen LogP contribution in [0.5, 0.6) is 0 Å². The molecule has 88 valence electrons. The minimum Gasteiger partial charge on any atom is -0.411 e. The predicted molar refractivity (Wildman–Crippen MR) is 63.7 cm³/mol. The van der Waals surface area contributed by atoms with Gasteiger partial charge in [0, 0.05) is 19.3 Å². The van der Waals surface area contributed by atoms with E-state index < -0.39 is 0 Å². The predicted octanol–water partition coefficient (Wildman–Crippen LogP) is 1.56. The number of hydrogen-bond donors (Lipinski definition) is 1. The second-order valence-electron chi connectivity index (χ2n) is 3.95. The van der Waals surface area contributed by atoms with Gasteiger partial charge in [0.2, 0.25) is 0 Å². The summed E-state index contributed by atoms with van der Waals surface area (Å²) in [6.07, 6.45) is 3.56. The molecule has 0 spiro atoms. The summed E-state index contributed by atoms with van der Waals surface area (Å²) >= 11 is 1.52. The van der Waals surface area contributed by atoms with Gasteiger partial charge in [0.15, 0.2) is 5.13 Å². The molecule has 2 heterocycles. The minimum absolute atomic E-state index is 0.225. The van der Waals surface area contributed by atoms with Crippen LogP contribution in [-0.4, -0.2) is 41.7 Å². The van der Waals surface area contributed by atoms with Crippen LogP contribution >= 0.6 is 11.3 Å². The van der Waals surface area contributed by atoms with Gasteiger partial charge in [0.1, 0.15) is 0 Å². The summed E-state index contributed by atoms with van der Waals surface area (Å²) in [4.78, 5) is 7.37. The molecular weight excluding hydrogens is 226 g/mol. The Morgan fingerprint density at radius 2 is 2.25 bits per heavy atom. The monoisotopic (exact) mass is 241 g/mol. The van der Waals surface area contributed by atoms with Gasteiger partial charge in [0.05, 0.1) is 23.3 Å². The normalized spacial score (nSPS) is 26.5. The largest absolute Gasteiger partial charge is 0.411 e. The van der Waals surface area contributed by atoms with Gasteiger partial charge in [-0.25, -0.2) is 4.98 Å². The van der Waals surface area contributed by atoms with Crippen LogP contribution in [0.2, 0.25) is 0 Å². The first kappa shape index (κ1) is 11.3. The van der Waals surface area contributed by atoms with E-state index >= 15 is 0 Å². The molecule has 1 aromatic heterocycles. The summed E-state index contributed by atoms with van der Waals surface area (Å²) in [6, 6.07) is 0. The molecule has 0 radical (unpaired) electrons. The molecule has 0 aromatic carbocycles. The van der Waals surface area contributed by atoms with E-state index in [0.717, 1.165) is 23.1 Å². The molecule has 1 aromatic rings. The fourth-order valence-corrected chi connectivity index (χ4v) is 2.67. The van der Waals surface area contributed by atoms with Crippen LogP contribution < -0.4 is 4.90 Å². The minimum atomic E-state index is 0.225. The van der Waals surface area contributed by atoms with Gasteiger partial charge in [-0.3, -0.25) is 0 Å². The Labute approximate surface area is 98.4 Å². The lowest BCUT2D eigenvalue weighted by Gasteiger charge is -2.35. The molecule has 1 N–H and O–H groups in total. The zero-order valence-corrected chi connectivity index (χ0v) is 10.1. The Hall–Kier alpha value is -1.14. The van der Waals surface area contributed by atoms with Crippen molar-refractivity contribution in [2.24, 2.45) is 5.16 Å². The van der Waals surface area contributed by atoms with Crippen molar-refractivity contribution in [3.05, 3.63) is 11.1 Å². The van der Waals surface area contributed by atoms with Gasteiger partial charge < -0.3 is 14.8 Å². The van der Waals surface area contributed by atoms with Crippen molar-refractivity contribution in [2.45, 2.75) is 26.1 Å². The SMILES string of the molecule is C[C@@H]1CN(c2ncc(/C=N/O)s2)C[C@H](C)O1. The van der Waals surface area contributed by atoms with Crippen molar-refractivity contribution in [3.8, 4) is 0 Å². The van der Waals surface area contributed by atoms with Crippen molar-refractivity contribution in [3.63, 3.8) is 0 Å². The van der Waals surface area contributed by atoms with E-state index in [4.69, 9.17) is 9.94 Å². The number of aromatic nitrogens is 1. The van der Waals surface area contributed by atoms with E-state index in [2.05, 4.69) is 28.9 Å². The van der Waals surface area contributed by atoms with Gasteiger partial charge in [-0.2, -0.15) is 0 Å². The van der Waals surface area contributed by atoms with E-state index in [-0.39, 0.29) is 12.2 Å². The van der Waals surface area contributed by atoms with Crippen LogP contribution in [0.15, 0.2) is 11.4 Å². The van der Waals surface area contributed by atoms with Crippen molar-refractivity contribution in [2.75, 3.05) is 18.0 Å². The van der Waals surface area contributed by atoms with E-state index in [9.17, 15) is 0 Å². The number of hydrogen-bond acceptors (Lipinski definition) is 6. The van der Waals surface area contributed by atoms with Gasteiger partial charge in [-0.1, -0.05) is 16.5 Å². The standard InChI is InChI=1S/C10H15N3O2S/c1-7-5-13(6-8(2)15-7)10-11-3-9(16-10)4-12-14/h3-4,7-8,14H,5-6H2,1-2H3/b12-4+/t7-,8+. The van der Waals surface area contributed by atoms with Crippen molar-refractivity contribution >= 4 is 22.7 Å². The molecule has 6 heteroatoms. The highest BCUT2D eigenvalue weighted by atomic mass is 32.1. The van der Waals surface area contributed by atoms with Crippen LogP contribution in [0.3, 0.4) is 0 Å². The molecule has 0 saturated carbocycles. The highest BCUT2D eigenvalue weighted by Crippen LogP contribution is 2.24. The molecule has 0 aliphatic carbocycles. The first-order valence-corrected chi connectivity index (χ1v) is 6.04. The lowest BCUT2D eigenvalue weighted by Crippen LogP contribution is -2.45. The van der Waals surface area contributed by atoms with Crippen molar-refractivity contribution < 1.29 is 9.94 Å². The second kappa shape index (κ2) is 4.80. The highest BCUT2D eigenvalue weighted by Gasteiger charge is 2.23. The zero-order chi connectivity index (χ0) is 11.5. The van der Waals surface area contributed by atoms with Crippen LogP contribution in [0, 0.1) is 0 Å². The maximum atomic E-state index is 8.44. The summed E-state index contributed by atoms with van der Waals surface area (Å²) in [6.45, 7) is 5.83. The quantitative estimate of drug-likeness (QED) is 0.485. The Balaban J connectivity index is 2.10. The Bertz CT molecular complexity index is 370. The molecule has 1 saturated heterocycles. The third-order valence-corrected chi connectivity index (χ3v) is 3.38. The molecule has 2 atom stereocenters. The third kappa shape index (κ3) is 2.51. The van der Waals surface area contributed by atoms with Crippen LogP contribution in [0.1, 0.15) is 18.7 Å². The van der Waals surface area contributed by atoms with Crippen molar-refractivity contribution in [1.82, 2.24) is 4.98 Å². The summed E-state index contributed by atoms with van der Waals surface area (Å²) in [5, 5.41) is 12.4. The lowest BCUT2D eigenvalue weighted by molar-refractivity contribution is -0.00522. The van der Waals surface area contributed by atoms with E-state index in [1.165, 1.54) is 17.6 Å². The van der Waals surface area contributed by atoms with Crippen LogP contribution in [0.25, 0.3) is 0 Å². The molecule has 2 rings (SSSR count). The first-order chi connectivity index (χ1) is 7.69. The average Bonchev–Trinajstić information content (AvgIpc) is 2.65.